The Morgan fingerprint density at radius 3 is 2.15 bits per heavy atom. The molecule has 41 heavy (non-hydrogen) atoms. The first-order valence-electron chi connectivity index (χ1n) is 12.4. The summed E-state index contributed by atoms with van der Waals surface area (Å²) in [6.45, 7) is 1.69. The fourth-order valence-electron chi connectivity index (χ4n) is 4.74. The summed E-state index contributed by atoms with van der Waals surface area (Å²) in [6.07, 6.45) is -16.6. The maximum atomic E-state index is 14.1. The highest BCUT2D eigenvalue weighted by molar-refractivity contribution is 6.20. The van der Waals surface area contributed by atoms with E-state index in [1.807, 2.05) is 0 Å². The zero-order valence-corrected chi connectivity index (χ0v) is 21.9. The third-order valence-corrected chi connectivity index (χ3v) is 6.69. The molecule has 0 unspecified atom stereocenters. The standard InChI is InChI=1S/C27H27F7N4O3/c1-14-5-3-8-19-20(15-6-4-7-16(28)13-15)36-23(25(41)38(2)21(14)19)37-24(40)18(10-12-27(32,33)34)17(22(35)39)9-11-26(29,30)31/h3-8,13,17-18,23H,9-12H2,1-2H3,(H2,35,39)(H,37,40)/t17-,18+,23+/m0/s1. The van der Waals surface area contributed by atoms with Crippen LogP contribution in [0.4, 0.5) is 36.4 Å². The number of primary amides is 1. The van der Waals surface area contributed by atoms with Gasteiger partial charge in [-0.2, -0.15) is 26.3 Å². The Morgan fingerprint density at radius 2 is 1.59 bits per heavy atom. The second kappa shape index (κ2) is 12.3. The van der Waals surface area contributed by atoms with E-state index < -0.39 is 79.6 Å². The lowest BCUT2D eigenvalue weighted by atomic mass is 9.83. The number of fused-ring (bicyclic) bond motifs is 1. The van der Waals surface area contributed by atoms with E-state index in [1.165, 1.54) is 25.2 Å². The molecule has 1 heterocycles. The minimum atomic E-state index is -4.80. The monoisotopic (exact) mass is 588 g/mol. The maximum absolute atomic E-state index is 14.1. The van der Waals surface area contributed by atoms with E-state index in [4.69, 9.17) is 5.73 Å². The molecule has 7 nitrogen and oxygen atoms in total. The number of benzene rings is 2. The lowest BCUT2D eigenvalue weighted by molar-refractivity contribution is -0.152. The van der Waals surface area contributed by atoms with E-state index in [-0.39, 0.29) is 11.3 Å². The number of benzodiazepines with no additional fused rings is 1. The molecule has 3 N–H and O–H groups in total. The minimum absolute atomic E-state index is 0.0709. The van der Waals surface area contributed by atoms with Crippen LogP contribution in [0.1, 0.15) is 42.4 Å². The highest BCUT2D eigenvalue weighted by Gasteiger charge is 2.41. The van der Waals surface area contributed by atoms with Gasteiger partial charge in [-0.05, 0) is 37.5 Å². The Bertz CT molecular complexity index is 1340. The van der Waals surface area contributed by atoms with Crippen LogP contribution in [-0.4, -0.2) is 49.0 Å². The molecule has 3 rings (SSSR count). The van der Waals surface area contributed by atoms with Crippen molar-refractivity contribution in [3.63, 3.8) is 0 Å². The number of anilines is 1. The first kappa shape index (κ1) is 31.6. The molecular formula is C27H27F7N4O3. The van der Waals surface area contributed by atoms with E-state index in [0.29, 0.717) is 16.8 Å². The minimum Gasteiger partial charge on any atom is -0.369 e. The first-order valence-corrected chi connectivity index (χ1v) is 12.4. The molecule has 0 radical (unpaired) electrons. The summed E-state index contributed by atoms with van der Waals surface area (Å²) >= 11 is 0. The van der Waals surface area contributed by atoms with Gasteiger partial charge < -0.3 is 16.0 Å². The summed E-state index contributed by atoms with van der Waals surface area (Å²) in [5, 5.41) is 2.21. The predicted molar refractivity (Wildman–Crippen MR) is 135 cm³/mol. The summed E-state index contributed by atoms with van der Waals surface area (Å²) in [6, 6.07) is 10.1. The average Bonchev–Trinajstić information content (AvgIpc) is 2.95. The van der Waals surface area contributed by atoms with Crippen LogP contribution >= 0.6 is 0 Å². The Labute approximate surface area is 230 Å². The van der Waals surface area contributed by atoms with Crippen molar-refractivity contribution < 1.29 is 45.1 Å². The van der Waals surface area contributed by atoms with Crippen molar-refractivity contribution in [2.45, 2.75) is 51.1 Å². The van der Waals surface area contributed by atoms with Gasteiger partial charge >= 0.3 is 12.4 Å². The fraction of sp³-hybridized carbons (Fsp3) is 0.407. The van der Waals surface area contributed by atoms with Gasteiger partial charge in [0.05, 0.1) is 11.4 Å². The van der Waals surface area contributed by atoms with E-state index in [2.05, 4.69) is 10.3 Å². The number of likely N-dealkylation sites (N-methyl/N-ethyl adjacent to an activating group) is 1. The molecule has 3 atom stereocenters. The maximum Gasteiger partial charge on any atom is 0.389 e. The Morgan fingerprint density at radius 1 is 1.00 bits per heavy atom. The summed E-state index contributed by atoms with van der Waals surface area (Å²) in [5.41, 5.74) is 6.88. The number of carbonyl (C=O) groups excluding carboxylic acids is 3. The fourth-order valence-corrected chi connectivity index (χ4v) is 4.74. The molecule has 0 saturated heterocycles. The summed E-state index contributed by atoms with van der Waals surface area (Å²) in [5.74, 6) is -8.03. The van der Waals surface area contributed by atoms with Crippen molar-refractivity contribution in [1.82, 2.24) is 5.32 Å². The van der Waals surface area contributed by atoms with Crippen LogP contribution in [0, 0.1) is 24.6 Å². The molecule has 14 heteroatoms. The summed E-state index contributed by atoms with van der Waals surface area (Å²) in [4.78, 5) is 44.3. The second-order valence-electron chi connectivity index (χ2n) is 9.69. The number of hydrogen-bond acceptors (Lipinski definition) is 4. The van der Waals surface area contributed by atoms with Gasteiger partial charge in [0, 0.05) is 42.9 Å². The summed E-state index contributed by atoms with van der Waals surface area (Å²) < 4.78 is 92.0. The molecule has 1 aliphatic rings. The number of alkyl halides is 6. The van der Waals surface area contributed by atoms with Crippen molar-refractivity contribution in [2.75, 3.05) is 11.9 Å². The highest BCUT2D eigenvalue weighted by Crippen LogP contribution is 2.34. The number of aryl methyl sites for hydroxylation is 1. The van der Waals surface area contributed by atoms with Crippen molar-refractivity contribution in [1.29, 1.82) is 0 Å². The number of halogens is 7. The molecule has 222 valence electrons. The Balaban J connectivity index is 2.06. The van der Waals surface area contributed by atoms with Crippen LogP contribution in [0.2, 0.25) is 0 Å². The summed E-state index contributed by atoms with van der Waals surface area (Å²) in [7, 11) is 1.37. The van der Waals surface area contributed by atoms with Crippen molar-refractivity contribution in [3.8, 4) is 0 Å². The molecule has 0 saturated carbocycles. The van der Waals surface area contributed by atoms with Crippen molar-refractivity contribution in [2.24, 2.45) is 22.6 Å². The van der Waals surface area contributed by atoms with Gasteiger partial charge in [0.25, 0.3) is 5.91 Å². The van der Waals surface area contributed by atoms with Gasteiger partial charge in [-0.25, -0.2) is 9.38 Å². The van der Waals surface area contributed by atoms with E-state index >= 15 is 0 Å². The van der Waals surface area contributed by atoms with Gasteiger partial charge in [-0.15, -0.1) is 0 Å². The van der Waals surface area contributed by atoms with Gasteiger partial charge in [-0.3, -0.25) is 14.4 Å². The lowest BCUT2D eigenvalue weighted by Gasteiger charge is -2.27. The highest BCUT2D eigenvalue weighted by atomic mass is 19.4. The van der Waals surface area contributed by atoms with E-state index in [9.17, 15) is 45.1 Å². The second-order valence-corrected chi connectivity index (χ2v) is 9.69. The van der Waals surface area contributed by atoms with E-state index in [0.717, 1.165) is 11.0 Å². The van der Waals surface area contributed by atoms with Gasteiger partial charge in [0.15, 0.2) is 0 Å². The average molecular weight is 589 g/mol. The quantitative estimate of drug-likeness (QED) is 0.412. The van der Waals surface area contributed by atoms with Crippen LogP contribution < -0.4 is 16.0 Å². The SMILES string of the molecule is Cc1cccc2c1N(C)C(=O)[C@@H](NC(=O)[C@H](CCC(F)(F)F)[C@H](CCC(F)(F)F)C(N)=O)N=C2c1cccc(F)c1. The molecule has 1 aliphatic heterocycles. The number of amides is 3. The van der Waals surface area contributed by atoms with Crippen molar-refractivity contribution in [3.05, 3.63) is 65.0 Å². The molecule has 2 aromatic carbocycles. The molecule has 0 fully saturated rings. The number of nitrogens with zero attached hydrogens (tertiary/aromatic N) is 2. The Kier molecular flexibility index (Phi) is 9.44. The molecule has 0 spiro atoms. The Hall–Kier alpha value is -3.97. The predicted octanol–water partition coefficient (Wildman–Crippen LogP) is 4.79. The third-order valence-electron chi connectivity index (χ3n) is 6.69. The molecular weight excluding hydrogens is 561 g/mol. The zero-order valence-electron chi connectivity index (χ0n) is 21.9. The van der Waals surface area contributed by atoms with Crippen LogP contribution in [-0.2, 0) is 14.4 Å². The third kappa shape index (κ3) is 8.04. The number of rotatable bonds is 9. The van der Waals surface area contributed by atoms with Gasteiger partial charge in [-0.1, -0.05) is 30.3 Å². The first-order chi connectivity index (χ1) is 19.0. The number of nitrogens with one attached hydrogen (secondary N) is 1. The smallest absolute Gasteiger partial charge is 0.369 e. The van der Waals surface area contributed by atoms with Crippen LogP contribution in [0.25, 0.3) is 0 Å². The number of carbonyl (C=O) groups is 3. The largest absolute Gasteiger partial charge is 0.389 e. The van der Waals surface area contributed by atoms with Crippen LogP contribution in [0.5, 0.6) is 0 Å². The number of aliphatic imine (C=N–C) groups is 1. The van der Waals surface area contributed by atoms with Crippen LogP contribution in [0.15, 0.2) is 47.5 Å². The zero-order chi connectivity index (χ0) is 30.7. The molecule has 3 amide bonds. The number of hydrogen-bond donors (Lipinski definition) is 2. The van der Waals surface area contributed by atoms with Gasteiger partial charge in [0.1, 0.15) is 5.82 Å². The normalized spacial score (nSPS) is 17.3. The molecule has 0 aliphatic carbocycles. The molecule has 0 bridgehead atoms. The lowest BCUT2D eigenvalue weighted by Crippen LogP contribution is -2.50. The molecule has 0 aromatic heterocycles. The van der Waals surface area contributed by atoms with E-state index in [1.54, 1.807) is 25.1 Å². The number of para-hydroxylation sites is 1. The topological polar surface area (TPSA) is 105 Å². The molecule has 2 aromatic rings. The van der Waals surface area contributed by atoms with Crippen molar-refractivity contribution >= 4 is 29.1 Å². The number of nitrogens with two attached hydrogens (primary N) is 1. The van der Waals surface area contributed by atoms with Crippen LogP contribution in [0.3, 0.4) is 0 Å². The van der Waals surface area contributed by atoms with Gasteiger partial charge in [0.2, 0.25) is 18.0 Å².